The minimum atomic E-state index is -0.396. The average molecular weight is 554 g/mol. The zero-order valence-corrected chi connectivity index (χ0v) is 23.8. The number of imide groups is 1. The molecule has 0 bridgehead atoms. The summed E-state index contributed by atoms with van der Waals surface area (Å²) >= 11 is 0. The molecule has 1 saturated heterocycles. The van der Waals surface area contributed by atoms with Crippen molar-refractivity contribution in [3.63, 3.8) is 0 Å². The number of benzene rings is 2. The van der Waals surface area contributed by atoms with E-state index in [-0.39, 0.29) is 18.5 Å². The van der Waals surface area contributed by atoms with Crippen LogP contribution < -0.4 is 0 Å². The summed E-state index contributed by atoms with van der Waals surface area (Å²) < 4.78 is 6.87. The monoisotopic (exact) mass is 553 g/mol. The summed E-state index contributed by atoms with van der Waals surface area (Å²) in [4.78, 5) is 46.4. The molecule has 41 heavy (non-hydrogen) atoms. The number of aromatic nitrogens is 2. The molecule has 212 valence electrons. The van der Waals surface area contributed by atoms with Crippen molar-refractivity contribution in [3.05, 3.63) is 94.2 Å². The number of esters is 1. The smallest absolute Gasteiger partial charge is 0.337 e. The molecular weight excluding hydrogens is 518 g/mol. The highest BCUT2D eigenvalue weighted by Crippen LogP contribution is 2.27. The van der Waals surface area contributed by atoms with Crippen LogP contribution in [-0.2, 0) is 29.0 Å². The van der Waals surface area contributed by atoms with Crippen LogP contribution in [0.25, 0.3) is 6.08 Å². The van der Waals surface area contributed by atoms with Crippen molar-refractivity contribution in [3.8, 4) is 6.07 Å². The second kappa shape index (κ2) is 13.6. The molecular formula is C32H35N5O4. The Kier molecular flexibility index (Phi) is 9.69. The predicted molar refractivity (Wildman–Crippen MR) is 154 cm³/mol. The Morgan fingerprint density at radius 3 is 2.24 bits per heavy atom. The van der Waals surface area contributed by atoms with Crippen LogP contribution in [0.5, 0.6) is 0 Å². The molecule has 1 fully saturated rings. The first-order chi connectivity index (χ1) is 19.9. The Bertz CT molecular complexity index is 1470. The van der Waals surface area contributed by atoms with Gasteiger partial charge in [0.05, 0.1) is 42.7 Å². The first-order valence-corrected chi connectivity index (χ1v) is 14.0. The van der Waals surface area contributed by atoms with Crippen molar-refractivity contribution in [1.82, 2.24) is 19.4 Å². The van der Waals surface area contributed by atoms with Gasteiger partial charge in [-0.2, -0.15) is 5.26 Å². The van der Waals surface area contributed by atoms with Gasteiger partial charge in [-0.15, -0.1) is 0 Å². The fraction of sp³-hybridized carbons (Fsp3) is 0.344. The third-order valence-corrected chi connectivity index (χ3v) is 7.10. The van der Waals surface area contributed by atoms with Gasteiger partial charge in [-0.3, -0.25) is 14.6 Å². The molecule has 2 aromatic carbocycles. The maximum absolute atomic E-state index is 13.6. The van der Waals surface area contributed by atoms with Crippen molar-refractivity contribution in [1.29, 1.82) is 5.26 Å². The van der Waals surface area contributed by atoms with E-state index in [9.17, 15) is 14.4 Å². The molecule has 0 N–H and O–H groups in total. The van der Waals surface area contributed by atoms with Crippen molar-refractivity contribution in [2.24, 2.45) is 0 Å². The van der Waals surface area contributed by atoms with Gasteiger partial charge in [-0.05, 0) is 54.3 Å². The highest BCUT2D eigenvalue weighted by molar-refractivity contribution is 6.13. The van der Waals surface area contributed by atoms with Crippen LogP contribution in [-0.4, -0.2) is 50.9 Å². The lowest BCUT2D eigenvalue weighted by molar-refractivity contribution is -0.123. The number of nitrogens with zero attached hydrogens (tertiary/aromatic N) is 5. The Balaban J connectivity index is 1.72. The van der Waals surface area contributed by atoms with Gasteiger partial charge in [-0.1, -0.05) is 51.0 Å². The molecule has 0 unspecified atom stereocenters. The highest BCUT2D eigenvalue weighted by atomic mass is 16.5. The number of ether oxygens (including phenoxy) is 1. The minimum Gasteiger partial charge on any atom is -0.465 e. The van der Waals surface area contributed by atoms with Gasteiger partial charge in [0.15, 0.2) is 0 Å². The topological polar surface area (TPSA) is 109 Å². The molecule has 3 amide bonds. The molecule has 4 rings (SSSR count). The number of rotatable bonds is 12. The Morgan fingerprint density at radius 1 is 0.951 bits per heavy atom. The summed E-state index contributed by atoms with van der Waals surface area (Å²) in [6.07, 6.45) is 7.80. The number of carbonyl (C=O) groups excluding carboxylic acids is 3. The molecule has 9 heteroatoms. The molecule has 2 heterocycles. The lowest BCUT2D eigenvalue weighted by Gasteiger charge is -2.18. The van der Waals surface area contributed by atoms with Crippen LogP contribution in [0.4, 0.5) is 4.79 Å². The number of urea groups is 1. The Labute approximate surface area is 240 Å². The van der Waals surface area contributed by atoms with E-state index in [0.29, 0.717) is 35.6 Å². The maximum atomic E-state index is 13.6. The van der Waals surface area contributed by atoms with E-state index < -0.39 is 5.97 Å². The molecule has 0 spiro atoms. The normalized spacial score (nSPS) is 14.1. The second-order valence-electron chi connectivity index (χ2n) is 9.99. The maximum Gasteiger partial charge on any atom is 0.337 e. The van der Waals surface area contributed by atoms with Crippen molar-refractivity contribution >= 4 is 24.0 Å². The van der Waals surface area contributed by atoms with E-state index in [1.807, 2.05) is 19.1 Å². The standard InChI is InChI=1S/C32H35N5O4/c1-4-6-8-29-34-20-27(36(29)21-25-13-15-26(16-14-25)31(39)41-3)18-28-30(38)35(17-7-5-2)32(40)37(28)22-24-11-9-23(19-33)10-12-24/h9-16,18,20H,4-8,17,21-22H2,1-3H3/b28-18-. The fourth-order valence-corrected chi connectivity index (χ4v) is 4.71. The molecule has 1 aliphatic heterocycles. The summed E-state index contributed by atoms with van der Waals surface area (Å²) in [6.45, 7) is 5.18. The van der Waals surface area contributed by atoms with E-state index in [1.54, 1.807) is 48.7 Å². The summed E-state index contributed by atoms with van der Waals surface area (Å²) in [7, 11) is 1.35. The van der Waals surface area contributed by atoms with Crippen molar-refractivity contribution < 1.29 is 19.1 Å². The van der Waals surface area contributed by atoms with Crippen molar-refractivity contribution in [2.75, 3.05) is 13.7 Å². The molecule has 1 aliphatic rings. The summed E-state index contributed by atoms with van der Waals surface area (Å²) in [5, 5.41) is 9.15. The number of carbonyl (C=O) groups is 3. The van der Waals surface area contributed by atoms with Crippen LogP contribution in [0.3, 0.4) is 0 Å². The number of amides is 3. The lowest BCUT2D eigenvalue weighted by Crippen LogP contribution is -2.33. The number of aryl methyl sites for hydroxylation is 1. The van der Waals surface area contributed by atoms with Gasteiger partial charge in [0.1, 0.15) is 11.5 Å². The number of nitriles is 1. The molecule has 0 radical (unpaired) electrons. The third kappa shape index (κ3) is 6.72. The zero-order valence-electron chi connectivity index (χ0n) is 23.8. The van der Waals surface area contributed by atoms with Gasteiger partial charge < -0.3 is 9.30 Å². The Hall–Kier alpha value is -4.71. The summed E-state index contributed by atoms with van der Waals surface area (Å²) in [5.41, 5.74) is 3.78. The van der Waals surface area contributed by atoms with Crippen molar-refractivity contribution in [2.45, 2.75) is 59.0 Å². The van der Waals surface area contributed by atoms with Crippen LogP contribution >= 0.6 is 0 Å². The first-order valence-electron chi connectivity index (χ1n) is 14.0. The van der Waals surface area contributed by atoms with Gasteiger partial charge in [-0.25, -0.2) is 14.6 Å². The lowest BCUT2D eigenvalue weighted by atomic mass is 10.1. The quantitative estimate of drug-likeness (QED) is 0.166. The SMILES string of the molecule is CCCCc1ncc(/C=C2/C(=O)N(CCCC)C(=O)N2Cc2ccc(C#N)cc2)n1Cc1ccc(C(=O)OC)cc1. The number of methoxy groups -OCH3 is 1. The molecule has 0 aliphatic carbocycles. The van der Waals surface area contributed by atoms with E-state index in [2.05, 4.69) is 22.5 Å². The van der Waals surface area contributed by atoms with E-state index in [4.69, 9.17) is 10.00 Å². The highest BCUT2D eigenvalue weighted by Gasteiger charge is 2.40. The van der Waals surface area contributed by atoms with Gasteiger partial charge >= 0.3 is 12.0 Å². The fourth-order valence-electron chi connectivity index (χ4n) is 4.71. The summed E-state index contributed by atoms with van der Waals surface area (Å²) in [6, 6.07) is 16.0. The van der Waals surface area contributed by atoms with Crippen LogP contribution in [0.1, 0.15) is 78.1 Å². The van der Waals surface area contributed by atoms with Gasteiger partial charge in [0, 0.05) is 19.5 Å². The largest absolute Gasteiger partial charge is 0.465 e. The zero-order chi connectivity index (χ0) is 29.4. The van der Waals surface area contributed by atoms with E-state index in [1.165, 1.54) is 16.9 Å². The number of unbranched alkanes of at least 4 members (excludes halogenated alkanes) is 2. The third-order valence-electron chi connectivity index (χ3n) is 7.10. The van der Waals surface area contributed by atoms with Crippen LogP contribution in [0.2, 0.25) is 0 Å². The molecule has 0 atom stereocenters. The average Bonchev–Trinajstić information content (AvgIpc) is 3.47. The van der Waals surface area contributed by atoms with Crippen LogP contribution in [0.15, 0.2) is 60.4 Å². The Morgan fingerprint density at radius 2 is 1.61 bits per heavy atom. The molecule has 3 aromatic rings. The summed E-state index contributed by atoms with van der Waals surface area (Å²) in [5.74, 6) is 0.156. The van der Waals surface area contributed by atoms with E-state index >= 15 is 0 Å². The number of hydrogen-bond donors (Lipinski definition) is 0. The first kappa shape index (κ1) is 29.3. The second-order valence-corrected chi connectivity index (χ2v) is 9.99. The van der Waals surface area contributed by atoms with Gasteiger partial charge in [0.2, 0.25) is 0 Å². The molecule has 1 aromatic heterocycles. The molecule has 9 nitrogen and oxygen atoms in total. The van der Waals surface area contributed by atoms with Crippen LogP contribution in [0, 0.1) is 11.3 Å². The number of hydrogen-bond acceptors (Lipinski definition) is 6. The molecule has 0 saturated carbocycles. The number of imidazole rings is 1. The van der Waals surface area contributed by atoms with Gasteiger partial charge in [0.25, 0.3) is 5.91 Å². The minimum absolute atomic E-state index is 0.205. The predicted octanol–water partition coefficient (Wildman–Crippen LogP) is 5.54. The van der Waals surface area contributed by atoms with E-state index in [0.717, 1.165) is 49.1 Å².